The molecular formula is C14H17NO2. The molecule has 1 aliphatic rings. The summed E-state index contributed by atoms with van der Waals surface area (Å²) < 4.78 is 0. The highest BCUT2D eigenvalue weighted by molar-refractivity contribution is 6.04. The molecule has 0 heterocycles. The second kappa shape index (κ2) is 3.99. The predicted molar refractivity (Wildman–Crippen MR) is 65.7 cm³/mol. The Bertz CT molecular complexity index is 481. The third-order valence-corrected chi connectivity index (χ3v) is 3.89. The molecule has 2 unspecified atom stereocenters. The third-order valence-electron chi connectivity index (χ3n) is 3.89. The highest BCUT2D eigenvalue weighted by Gasteiger charge is 2.45. The second-order valence-corrected chi connectivity index (χ2v) is 4.81. The van der Waals surface area contributed by atoms with Gasteiger partial charge in [-0.05, 0) is 18.4 Å². The van der Waals surface area contributed by atoms with Crippen LogP contribution in [0.1, 0.15) is 42.6 Å². The third kappa shape index (κ3) is 1.57. The summed E-state index contributed by atoms with van der Waals surface area (Å²) in [6.45, 7) is 3.82. The van der Waals surface area contributed by atoms with Gasteiger partial charge in [0.15, 0.2) is 5.78 Å². The first-order valence-electron chi connectivity index (χ1n) is 5.96. The van der Waals surface area contributed by atoms with E-state index in [1.54, 1.807) is 6.07 Å². The molecule has 0 saturated heterocycles. The number of fused-ring (bicyclic) bond motifs is 1. The van der Waals surface area contributed by atoms with Gasteiger partial charge in [0.05, 0.1) is 5.41 Å². The van der Waals surface area contributed by atoms with Gasteiger partial charge in [-0.25, -0.2) is 0 Å². The minimum Gasteiger partial charge on any atom is -0.369 e. The van der Waals surface area contributed by atoms with Crippen LogP contribution in [0.5, 0.6) is 0 Å². The van der Waals surface area contributed by atoms with Crippen LogP contribution < -0.4 is 5.73 Å². The van der Waals surface area contributed by atoms with Crippen molar-refractivity contribution < 1.29 is 9.59 Å². The van der Waals surface area contributed by atoms with E-state index in [0.717, 1.165) is 5.56 Å². The van der Waals surface area contributed by atoms with E-state index >= 15 is 0 Å². The largest absolute Gasteiger partial charge is 0.369 e. The Morgan fingerprint density at radius 1 is 1.47 bits per heavy atom. The lowest BCUT2D eigenvalue weighted by molar-refractivity contribution is -0.124. The van der Waals surface area contributed by atoms with Gasteiger partial charge in [-0.1, -0.05) is 38.1 Å². The maximum atomic E-state index is 12.1. The summed E-state index contributed by atoms with van der Waals surface area (Å²) in [5, 5.41) is 0. The van der Waals surface area contributed by atoms with E-state index in [1.807, 2.05) is 32.0 Å². The normalized spacial score (nSPS) is 27.6. The van der Waals surface area contributed by atoms with Crippen molar-refractivity contribution in [1.82, 2.24) is 0 Å². The minimum atomic E-state index is -0.677. The van der Waals surface area contributed by atoms with Crippen molar-refractivity contribution in [3.8, 4) is 0 Å². The summed E-state index contributed by atoms with van der Waals surface area (Å²) in [5.74, 6) is -0.352. The molecule has 0 spiro atoms. The number of hydrogen-bond acceptors (Lipinski definition) is 2. The number of primary amides is 1. The molecule has 0 aliphatic heterocycles. The molecule has 1 aliphatic carbocycles. The topological polar surface area (TPSA) is 60.2 Å². The van der Waals surface area contributed by atoms with Gasteiger partial charge in [-0.2, -0.15) is 0 Å². The molecule has 3 nitrogen and oxygen atoms in total. The molecule has 3 heteroatoms. The fraction of sp³-hybridized carbons (Fsp3) is 0.429. The predicted octanol–water partition coefficient (Wildman–Crippen LogP) is 2.04. The van der Waals surface area contributed by atoms with Crippen LogP contribution in [0.2, 0.25) is 0 Å². The molecule has 0 aromatic heterocycles. The molecule has 1 aromatic rings. The fourth-order valence-electron chi connectivity index (χ4n) is 2.85. The number of nitrogens with two attached hydrogens (primary N) is 1. The highest BCUT2D eigenvalue weighted by Crippen LogP contribution is 2.41. The molecule has 0 bridgehead atoms. The maximum Gasteiger partial charge on any atom is 0.228 e. The number of Topliss-reactive ketones (excluding diaryl/α,β-unsaturated/α-hetero) is 1. The minimum absolute atomic E-state index is 0.117. The van der Waals surface area contributed by atoms with Crippen LogP contribution in [-0.4, -0.2) is 11.7 Å². The fourth-order valence-corrected chi connectivity index (χ4v) is 2.85. The number of benzene rings is 1. The summed E-state index contributed by atoms with van der Waals surface area (Å²) in [5.41, 5.74) is 6.37. The molecule has 0 fully saturated rings. The Balaban J connectivity index is 2.69. The quantitative estimate of drug-likeness (QED) is 0.846. The number of carbonyl (C=O) groups is 2. The van der Waals surface area contributed by atoms with Crippen LogP contribution >= 0.6 is 0 Å². The molecule has 1 amide bonds. The standard InChI is InChI=1S/C14H17NO2/c1-3-14(13(15)17)8-9(2)12(16)10-6-4-5-7-11(10)14/h4-7,9H,3,8H2,1-2H3,(H2,15,17). The lowest BCUT2D eigenvalue weighted by Gasteiger charge is -2.37. The average Bonchev–Trinajstić information content (AvgIpc) is 2.33. The van der Waals surface area contributed by atoms with E-state index in [2.05, 4.69) is 0 Å². The lowest BCUT2D eigenvalue weighted by Crippen LogP contribution is -2.47. The van der Waals surface area contributed by atoms with Crippen LogP contribution in [0.25, 0.3) is 0 Å². The van der Waals surface area contributed by atoms with Crippen LogP contribution in [0.15, 0.2) is 24.3 Å². The molecule has 17 heavy (non-hydrogen) atoms. The van der Waals surface area contributed by atoms with Crippen molar-refractivity contribution in [3.63, 3.8) is 0 Å². The average molecular weight is 231 g/mol. The summed E-state index contributed by atoms with van der Waals surface area (Å²) in [6.07, 6.45) is 1.16. The molecule has 2 rings (SSSR count). The van der Waals surface area contributed by atoms with Crippen molar-refractivity contribution in [1.29, 1.82) is 0 Å². The highest BCUT2D eigenvalue weighted by atomic mass is 16.1. The van der Waals surface area contributed by atoms with Gasteiger partial charge in [0.2, 0.25) is 5.91 Å². The van der Waals surface area contributed by atoms with Gasteiger partial charge < -0.3 is 5.73 Å². The number of rotatable bonds is 2. The summed E-state index contributed by atoms with van der Waals surface area (Å²) >= 11 is 0. The van der Waals surface area contributed by atoms with Crippen LogP contribution in [-0.2, 0) is 10.2 Å². The summed E-state index contributed by atoms with van der Waals surface area (Å²) in [6, 6.07) is 7.33. The maximum absolute atomic E-state index is 12.1. The molecular weight excluding hydrogens is 214 g/mol. The Labute approximate surface area is 101 Å². The van der Waals surface area contributed by atoms with Crippen molar-refractivity contribution in [2.45, 2.75) is 32.1 Å². The van der Waals surface area contributed by atoms with Gasteiger partial charge >= 0.3 is 0 Å². The van der Waals surface area contributed by atoms with Gasteiger partial charge in [-0.15, -0.1) is 0 Å². The monoisotopic (exact) mass is 231 g/mol. The van der Waals surface area contributed by atoms with Gasteiger partial charge in [0, 0.05) is 11.5 Å². The van der Waals surface area contributed by atoms with Crippen molar-refractivity contribution in [2.75, 3.05) is 0 Å². The Kier molecular flexibility index (Phi) is 2.77. The first kappa shape index (κ1) is 11.8. The van der Waals surface area contributed by atoms with Gasteiger partial charge in [0.25, 0.3) is 0 Å². The van der Waals surface area contributed by atoms with E-state index in [1.165, 1.54) is 0 Å². The van der Waals surface area contributed by atoms with E-state index in [0.29, 0.717) is 18.4 Å². The van der Waals surface area contributed by atoms with E-state index in [4.69, 9.17) is 5.73 Å². The zero-order valence-electron chi connectivity index (χ0n) is 10.2. The Morgan fingerprint density at radius 2 is 2.12 bits per heavy atom. The first-order chi connectivity index (χ1) is 8.03. The summed E-state index contributed by atoms with van der Waals surface area (Å²) in [7, 11) is 0. The SMILES string of the molecule is CCC1(C(N)=O)CC(C)C(=O)c2ccccc21. The lowest BCUT2D eigenvalue weighted by atomic mass is 9.64. The molecule has 2 N–H and O–H groups in total. The molecule has 0 saturated carbocycles. The number of amides is 1. The summed E-state index contributed by atoms with van der Waals surface area (Å²) in [4.78, 5) is 23.9. The van der Waals surface area contributed by atoms with Gasteiger partial charge in [-0.3, -0.25) is 9.59 Å². The smallest absolute Gasteiger partial charge is 0.228 e. The molecule has 1 aromatic carbocycles. The molecule has 2 atom stereocenters. The zero-order chi connectivity index (χ0) is 12.6. The first-order valence-corrected chi connectivity index (χ1v) is 5.96. The van der Waals surface area contributed by atoms with Crippen molar-refractivity contribution in [3.05, 3.63) is 35.4 Å². The Morgan fingerprint density at radius 3 is 2.71 bits per heavy atom. The van der Waals surface area contributed by atoms with E-state index in [-0.39, 0.29) is 17.6 Å². The Hall–Kier alpha value is -1.64. The van der Waals surface area contributed by atoms with Gasteiger partial charge in [0.1, 0.15) is 0 Å². The number of carbonyl (C=O) groups excluding carboxylic acids is 2. The number of ketones is 1. The number of hydrogen-bond donors (Lipinski definition) is 1. The molecule has 90 valence electrons. The van der Waals surface area contributed by atoms with Crippen molar-refractivity contribution in [2.24, 2.45) is 11.7 Å². The van der Waals surface area contributed by atoms with E-state index < -0.39 is 5.41 Å². The van der Waals surface area contributed by atoms with E-state index in [9.17, 15) is 9.59 Å². The van der Waals surface area contributed by atoms with Crippen LogP contribution in [0, 0.1) is 5.92 Å². The second-order valence-electron chi connectivity index (χ2n) is 4.81. The van der Waals surface area contributed by atoms with Crippen LogP contribution in [0.3, 0.4) is 0 Å². The molecule has 0 radical (unpaired) electrons. The zero-order valence-corrected chi connectivity index (χ0v) is 10.2. The van der Waals surface area contributed by atoms with Crippen molar-refractivity contribution >= 4 is 11.7 Å². The van der Waals surface area contributed by atoms with Crippen LogP contribution in [0.4, 0.5) is 0 Å².